The van der Waals surface area contributed by atoms with Crippen LogP contribution in [0.1, 0.15) is 29.4 Å². The summed E-state index contributed by atoms with van der Waals surface area (Å²) in [6.45, 7) is 1.39. The SMILES string of the molecule is O=C(c1ncccn1)N1CCCC(Cc2nc(-c3ccsc3)no2)C1. The van der Waals surface area contributed by atoms with Crippen LogP contribution in [0.5, 0.6) is 0 Å². The monoisotopic (exact) mass is 355 g/mol. The van der Waals surface area contributed by atoms with E-state index >= 15 is 0 Å². The predicted octanol–water partition coefficient (Wildman–Crippen LogP) is 2.68. The highest BCUT2D eigenvalue weighted by Crippen LogP contribution is 2.23. The number of carbonyl (C=O) groups is 1. The first-order valence-electron chi connectivity index (χ1n) is 8.21. The lowest BCUT2D eigenvalue weighted by Gasteiger charge is -2.31. The van der Waals surface area contributed by atoms with Gasteiger partial charge >= 0.3 is 0 Å². The molecule has 1 unspecified atom stereocenters. The summed E-state index contributed by atoms with van der Waals surface area (Å²) in [7, 11) is 0. The van der Waals surface area contributed by atoms with Crippen LogP contribution in [0.4, 0.5) is 0 Å². The number of likely N-dealkylation sites (tertiary alicyclic amines) is 1. The summed E-state index contributed by atoms with van der Waals surface area (Å²) in [5.74, 6) is 1.68. The number of hydrogen-bond donors (Lipinski definition) is 0. The lowest BCUT2D eigenvalue weighted by atomic mass is 9.94. The Hall–Kier alpha value is -2.61. The number of hydrogen-bond acceptors (Lipinski definition) is 7. The number of carbonyl (C=O) groups excluding carboxylic acids is 1. The largest absolute Gasteiger partial charge is 0.339 e. The molecule has 3 aromatic heterocycles. The number of thiophene rings is 1. The van der Waals surface area contributed by atoms with E-state index in [1.807, 2.05) is 21.7 Å². The van der Waals surface area contributed by atoms with Gasteiger partial charge < -0.3 is 9.42 Å². The molecular weight excluding hydrogens is 338 g/mol. The van der Waals surface area contributed by atoms with Crippen LogP contribution < -0.4 is 0 Å². The van der Waals surface area contributed by atoms with Crippen LogP contribution in [-0.2, 0) is 6.42 Å². The van der Waals surface area contributed by atoms with Crippen LogP contribution in [0, 0.1) is 5.92 Å². The Kier molecular flexibility index (Phi) is 4.51. The Morgan fingerprint density at radius 2 is 2.24 bits per heavy atom. The molecule has 0 aromatic carbocycles. The van der Waals surface area contributed by atoms with Gasteiger partial charge in [-0.05, 0) is 36.3 Å². The second kappa shape index (κ2) is 7.10. The van der Waals surface area contributed by atoms with Crippen molar-refractivity contribution in [3.8, 4) is 11.4 Å². The van der Waals surface area contributed by atoms with Gasteiger partial charge in [-0.1, -0.05) is 5.16 Å². The third-order valence-electron chi connectivity index (χ3n) is 4.27. The van der Waals surface area contributed by atoms with Crippen molar-refractivity contribution in [1.82, 2.24) is 25.0 Å². The molecule has 0 saturated carbocycles. The van der Waals surface area contributed by atoms with Crippen molar-refractivity contribution < 1.29 is 9.32 Å². The first kappa shape index (κ1) is 15.9. The van der Waals surface area contributed by atoms with Gasteiger partial charge in [0.15, 0.2) is 0 Å². The van der Waals surface area contributed by atoms with E-state index in [-0.39, 0.29) is 11.7 Å². The average molecular weight is 355 g/mol. The zero-order chi connectivity index (χ0) is 17.1. The normalized spacial score (nSPS) is 17.6. The second-order valence-electron chi connectivity index (χ2n) is 6.06. The Morgan fingerprint density at radius 3 is 3.04 bits per heavy atom. The van der Waals surface area contributed by atoms with Gasteiger partial charge in [-0.3, -0.25) is 4.79 Å². The topological polar surface area (TPSA) is 85.0 Å². The molecule has 4 heterocycles. The fourth-order valence-electron chi connectivity index (χ4n) is 3.06. The molecular formula is C17H17N5O2S. The first-order valence-corrected chi connectivity index (χ1v) is 9.15. The number of nitrogens with zero attached hydrogens (tertiary/aromatic N) is 5. The molecule has 1 fully saturated rings. The zero-order valence-corrected chi connectivity index (χ0v) is 14.4. The maximum Gasteiger partial charge on any atom is 0.291 e. The molecule has 1 amide bonds. The highest BCUT2D eigenvalue weighted by Gasteiger charge is 2.27. The zero-order valence-electron chi connectivity index (χ0n) is 13.5. The minimum absolute atomic E-state index is 0.116. The quantitative estimate of drug-likeness (QED) is 0.715. The number of rotatable bonds is 4. The van der Waals surface area contributed by atoms with E-state index in [4.69, 9.17) is 4.52 Å². The van der Waals surface area contributed by atoms with E-state index in [9.17, 15) is 4.79 Å². The molecule has 7 nitrogen and oxygen atoms in total. The van der Waals surface area contributed by atoms with Gasteiger partial charge in [0, 0.05) is 42.8 Å². The summed E-state index contributed by atoms with van der Waals surface area (Å²) < 4.78 is 5.39. The first-order chi connectivity index (χ1) is 12.3. The molecule has 0 radical (unpaired) electrons. The predicted molar refractivity (Wildman–Crippen MR) is 92.0 cm³/mol. The molecule has 1 atom stereocenters. The van der Waals surface area contributed by atoms with Gasteiger partial charge in [0.05, 0.1) is 0 Å². The lowest BCUT2D eigenvalue weighted by molar-refractivity contribution is 0.0655. The average Bonchev–Trinajstić information content (AvgIpc) is 3.34. The van der Waals surface area contributed by atoms with Gasteiger partial charge in [0.1, 0.15) is 0 Å². The smallest absolute Gasteiger partial charge is 0.291 e. The van der Waals surface area contributed by atoms with Gasteiger partial charge in [0.25, 0.3) is 5.91 Å². The Balaban J connectivity index is 1.41. The number of piperidine rings is 1. The van der Waals surface area contributed by atoms with E-state index in [1.54, 1.807) is 29.8 Å². The standard InChI is InChI=1S/C17H17N5O2S/c23-17(16-18-5-2-6-19-16)22-7-1-3-12(10-22)9-14-20-15(21-24-14)13-4-8-25-11-13/h2,4-6,8,11-12H,1,3,7,9-10H2. The van der Waals surface area contributed by atoms with Crippen molar-refractivity contribution >= 4 is 17.2 Å². The fraction of sp³-hybridized carbons (Fsp3) is 0.353. The Bertz CT molecular complexity index is 834. The van der Waals surface area contributed by atoms with Crippen LogP contribution >= 0.6 is 11.3 Å². The lowest BCUT2D eigenvalue weighted by Crippen LogP contribution is -2.41. The van der Waals surface area contributed by atoms with Crippen molar-refractivity contribution in [1.29, 1.82) is 0 Å². The fourth-order valence-corrected chi connectivity index (χ4v) is 3.70. The third-order valence-corrected chi connectivity index (χ3v) is 4.96. The molecule has 1 saturated heterocycles. The van der Waals surface area contributed by atoms with Crippen LogP contribution in [0.15, 0.2) is 39.8 Å². The molecule has 0 aliphatic carbocycles. The minimum atomic E-state index is -0.116. The summed E-state index contributed by atoms with van der Waals surface area (Å²) >= 11 is 1.60. The van der Waals surface area contributed by atoms with Crippen LogP contribution in [-0.4, -0.2) is 44.0 Å². The van der Waals surface area contributed by atoms with Crippen molar-refractivity contribution in [3.05, 3.63) is 47.0 Å². The molecule has 0 bridgehead atoms. The highest BCUT2D eigenvalue weighted by molar-refractivity contribution is 7.08. The summed E-state index contributed by atoms with van der Waals surface area (Å²) in [6, 6.07) is 3.68. The van der Waals surface area contributed by atoms with E-state index in [0.717, 1.165) is 24.9 Å². The summed E-state index contributed by atoms with van der Waals surface area (Å²) in [5.41, 5.74) is 0.974. The Morgan fingerprint density at radius 1 is 1.36 bits per heavy atom. The molecule has 128 valence electrons. The molecule has 8 heteroatoms. The highest BCUT2D eigenvalue weighted by atomic mass is 32.1. The van der Waals surface area contributed by atoms with Gasteiger partial charge in [-0.15, -0.1) is 0 Å². The minimum Gasteiger partial charge on any atom is -0.339 e. The molecule has 0 spiro atoms. The van der Waals surface area contributed by atoms with Crippen molar-refractivity contribution in [2.45, 2.75) is 19.3 Å². The second-order valence-corrected chi connectivity index (χ2v) is 6.84. The molecule has 1 aliphatic heterocycles. The molecule has 0 N–H and O–H groups in total. The summed E-state index contributed by atoms with van der Waals surface area (Å²) in [4.78, 5) is 26.9. The van der Waals surface area contributed by atoms with E-state index in [0.29, 0.717) is 30.6 Å². The van der Waals surface area contributed by atoms with E-state index < -0.39 is 0 Å². The third kappa shape index (κ3) is 3.58. The van der Waals surface area contributed by atoms with Gasteiger partial charge in [-0.25, -0.2) is 9.97 Å². The van der Waals surface area contributed by atoms with Crippen molar-refractivity contribution in [3.63, 3.8) is 0 Å². The Labute approximate surface area is 148 Å². The van der Waals surface area contributed by atoms with Crippen LogP contribution in [0.2, 0.25) is 0 Å². The van der Waals surface area contributed by atoms with Crippen LogP contribution in [0.25, 0.3) is 11.4 Å². The molecule has 1 aliphatic rings. The number of aromatic nitrogens is 4. The maximum absolute atomic E-state index is 12.5. The van der Waals surface area contributed by atoms with E-state index in [1.165, 1.54) is 0 Å². The van der Waals surface area contributed by atoms with Crippen molar-refractivity contribution in [2.24, 2.45) is 5.92 Å². The van der Waals surface area contributed by atoms with Crippen molar-refractivity contribution in [2.75, 3.05) is 13.1 Å². The molecule has 25 heavy (non-hydrogen) atoms. The maximum atomic E-state index is 12.5. The number of amides is 1. The molecule has 3 aromatic rings. The van der Waals surface area contributed by atoms with Crippen LogP contribution in [0.3, 0.4) is 0 Å². The summed E-state index contributed by atoms with van der Waals surface area (Å²) in [5, 5.41) is 8.03. The van der Waals surface area contributed by atoms with Gasteiger partial charge in [-0.2, -0.15) is 16.3 Å². The van der Waals surface area contributed by atoms with E-state index in [2.05, 4.69) is 20.1 Å². The summed E-state index contributed by atoms with van der Waals surface area (Å²) in [6.07, 6.45) is 5.85. The molecule has 4 rings (SSSR count). The van der Waals surface area contributed by atoms with Gasteiger partial charge in [0.2, 0.25) is 17.5 Å².